The summed E-state index contributed by atoms with van der Waals surface area (Å²) in [5, 5.41) is 5.64. The number of anilines is 1. The van der Waals surface area contributed by atoms with Crippen LogP contribution in [0.3, 0.4) is 0 Å². The van der Waals surface area contributed by atoms with E-state index in [1.165, 1.54) is 0 Å². The van der Waals surface area contributed by atoms with Crippen LogP contribution in [0.5, 0.6) is 11.5 Å². The van der Waals surface area contributed by atoms with Crippen molar-refractivity contribution < 1.29 is 19.1 Å². The van der Waals surface area contributed by atoms with Gasteiger partial charge in [-0.2, -0.15) is 0 Å². The van der Waals surface area contributed by atoms with E-state index in [2.05, 4.69) is 10.6 Å². The standard InChI is InChI=1S/C20H22N2O4/c1-13(2)19(23)22-15-9-7-14(8-10-15)20(24)21-11-16-12-25-17-5-3-4-6-18(17)26-16/h3-10,13,16H,11-12H2,1-2H3,(H,21,24)(H,22,23). The zero-order chi connectivity index (χ0) is 18.5. The van der Waals surface area contributed by atoms with Crippen molar-refractivity contribution in [3.05, 3.63) is 54.1 Å². The maximum absolute atomic E-state index is 12.3. The maximum Gasteiger partial charge on any atom is 0.251 e. The number of hydrogen-bond donors (Lipinski definition) is 2. The van der Waals surface area contributed by atoms with E-state index in [4.69, 9.17) is 9.47 Å². The quantitative estimate of drug-likeness (QED) is 0.866. The molecule has 0 bridgehead atoms. The molecular weight excluding hydrogens is 332 g/mol. The molecule has 0 radical (unpaired) electrons. The summed E-state index contributed by atoms with van der Waals surface area (Å²) in [6, 6.07) is 14.2. The molecule has 1 atom stereocenters. The third kappa shape index (κ3) is 4.33. The Kier molecular flexibility index (Phi) is 5.41. The number of benzene rings is 2. The van der Waals surface area contributed by atoms with Crippen LogP contribution in [-0.2, 0) is 4.79 Å². The molecule has 1 unspecified atom stereocenters. The van der Waals surface area contributed by atoms with Crippen LogP contribution in [0.1, 0.15) is 24.2 Å². The topological polar surface area (TPSA) is 76.7 Å². The molecule has 1 aliphatic rings. The first-order valence-electron chi connectivity index (χ1n) is 8.60. The molecule has 0 fully saturated rings. The van der Waals surface area contributed by atoms with Gasteiger partial charge in [0.2, 0.25) is 5.91 Å². The highest BCUT2D eigenvalue weighted by Gasteiger charge is 2.21. The van der Waals surface area contributed by atoms with Gasteiger partial charge in [-0.25, -0.2) is 0 Å². The van der Waals surface area contributed by atoms with Crippen LogP contribution in [0.15, 0.2) is 48.5 Å². The van der Waals surface area contributed by atoms with Crippen LogP contribution < -0.4 is 20.1 Å². The molecule has 1 heterocycles. The number of rotatable bonds is 5. The Labute approximate surface area is 152 Å². The summed E-state index contributed by atoms with van der Waals surface area (Å²) in [6.07, 6.45) is -0.238. The predicted molar refractivity (Wildman–Crippen MR) is 98.6 cm³/mol. The van der Waals surface area contributed by atoms with E-state index in [1.807, 2.05) is 38.1 Å². The fourth-order valence-electron chi connectivity index (χ4n) is 2.46. The summed E-state index contributed by atoms with van der Waals surface area (Å²) in [7, 11) is 0. The lowest BCUT2D eigenvalue weighted by Gasteiger charge is -2.26. The third-order valence-electron chi connectivity index (χ3n) is 4.00. The van der Waals surface area contributed by atoms with Crippen molar-refractivity contribution in [2.24, 2.45) is 5.92 Å². The lowest BCUT2D eigenvalue weighted by atomic mass is 10.1. The van der Waals surface area contributed by atoms with Crippen molar-refractivity contribution in [3.63, 3.8) is 0 Å². The normalized spacial score (nSPS) is 15.4. The van der Waals surface area contributed by atoms with Crippen LogP contribution in [0.4, 0.5) is 5.69 Å². The maximum atomic E-state index is 12.3. The summed E-state index contributed by atoms with van der Waals surface area (Å²) < 4.78 is 11.4. The second-order valence-electron chi connectivity index (χ2n) is 6.43. The van der Waals surface area contributed by atoms with E-state index >= 15 is 0 Å². The van der Waals surface area contributed by atoms with E-state index in [-0.39, 0.29) is 23.8 Å². The van der Waals surface area contributed by atoms with Crippen molar-refractivity contribution >= 4 is 17.5 Å². The molecule has 0 saturated carbocycles. The molecule has 0 saturated heterocycles. The lowest BCUT2D eigenvalue weighted by Crippen LogP contribution is -2.40. The molecule has 0 aromatic heterocycles. The highest BCUT2D eigenvalue weighted by molar-refractivity contribution is 5.96. The van der Waals surface area contributed by atoms with E-state index in [0.29, 0.717) is 35.9 Å². The largest absolute Gasteiger partial charge is 0.486 e. The number of carbonyl (C=O) groups is 2. The first-order chi connectivity index (χ1) is 12.5. The summed E-state index contributed by atoms with van der Waals surface area (Å²) >= 11 is 0. The van der Waals surface area contributed by atoms with Crippen molar-refractivity contribution in [1.82, 2.24) is 5.32 Å². The Bertz CT molecular complexity index is 787. The van der Waals surface area contributed by atoms with Crippen molar-refractivity contribution in [2.75, 3.05) is 18.5 Å². The van der Waals surface area contributed by atoms with Crippen LogP contribution in [0, 0.1) is 5.92 Å². The predicted octanol–water partition coefficient (Wildman–Crippen LogP) is 2.85. The fraction of sp³-hybridized carbons (Fsp3) is 0.300. The zero-order valence-corrected chi connectivity index (χ0v) is 14.8. The summed E-state index contributed by atoms with van der Waals surface area (Å²) in [5.41, 5.74) is 1.19. The zero-order valence-electron chi connectivity index (χ0n) is 14.8. The number of ether oxygens (including phenoxy) is 2. The molecule has 2 aromatic rings. The van der Waals surface area contributed by atoms with Gasteiger partial charge < -0.3 is 20.1 Å². The van der Waals surface area contributed by atoms with Gasteiger partial charge >= 0.3 is 0 Å². The van der Waals surface area contributed by atoms with Gasteiger partial charge in [-0.1, -0.05) is 26.0 Å². The highest BCUT2D eigenvalue weighted by Crippen LogP contribution is 2.30. The number of nitrogens with one attached hydrogen (secondary N) is 2. The van der Waals surface area contributed by atoms with Gasteiger partial charge in [0, 0.05) is 17.2 Å². The monoisotopic (exact) mass is 354 g/mol. The van der Waals surface area contributed by atoms with Gasteiger partial charge in [0.1, 0.15) is 12.7 Å². The molecule has 1 aliphatic heterocycles. The second kappa shape index (κ2) is 7.91. The molecule has 0 spiro atoms. The molecule has 26 heavy (non-hydrogen) atoms. The number of hydrogen-bond acceptors (Lipinski definition) is 4. The summed E-state index contributed by atoms with van der Waals surface area (Å²) in [6.45, 7) is 4.38. The van der Waals surface area contributed by atoms with Gasteiger partial charge in [-0.3, -0.25) is 9.59 Å². The fourth-order valence-corrected chi connectivity index (χ4v) is 2.46. The number of fused-ring (bicyclic) bond motifs is 1. The average molecular weight is 354 g/mol. The van der Waals surface area contributed by atoms with E-state index in [0.717, 1.165) is 0 Å². The van der Waals surface area contributed by atoms with Crippen molar-refractivity contribution in [1.29, 1.82) is 0 Å². The van der Waals surface area contributed by atoms with E-state index < -0.39 is 0 Å². The van der Waals surface area contributed by atoms with E-state index in [1.54, 1.807) is 24.3 Å². The SMILES string of the molecule is CC(C)C(=O)Nc1ccc(C(=O)NCC2COc3ccccc3O2)cc1. The van der Waals surface area contributed by atoms with Crippen LogP contribution in [0.2, 0.25) is 0 Å². The molecule has 0 aliphatic carbocycles. The minimum Gasteiger partial charge on any atom is -0.486 e. The lowest BCUT2D eigenvalue weighted by molar-refractivity contribution is -0.118. The van der Waals surface area contributed by atoms with Gasteiger partial charge in [0.15, 0.2) is 11.5 Å². The van der Waals surface area contributed by atoms with E-state index in [9.17, 15) is 9.59 Å². The number of amides is 2. The summed E-state index contributed by atoms with van der Waals surface area (Å²) in [4.78, 5) is 24.0. The smallest absolute Gasteiger partial charge is 0.251 e. The van der Waals surface area contributed by atoms with Crippen LogP contribution in [0.25, 0.3) is 0 Å². The van der Waals surface area contributed by atoms with Gasteiger partial charge in [0.05, 0.1) is 6.54 Å². The highest BCUT2D eigenvalue weighted by atomic mass is 16.6. The summed E-state index contributed by atoms with van der Waals surface area (Å²) in [5.74, 6) is 1.05. The van der Waals surface area contributed by atoms with Crippen LogP contribution in [-0.4, -0.2) is 31.1 Å². The molecule has 2 N–H and O–H groups in total. The van der Waals surface area contributed by atoms with Gasteiger partial charge in [0.25, 0.3) is 5.91 Å². The molecule has 2 amide bonds. The van der Waals surface area contributed by atoms with Gasteiger partial charge in [-0.15, -0.1) is 0 Å². The van der Waals surface area contributed by atoms with Crippen LogP contribution >= 0.6 is 0 Å². The first-order valence-corrected chi connectivity index (χ1v) is 8.60. The Morgan fingerprint density at radius 1 is 1.08 bits per heavy atom. The second-order valence-corrected chi connectivity index (χ2v) is 6.43. The third-order valence-corrected chi connectivity index (χ3v) is 4.00. The average Bonchev–Trinajstić information content (AvgIpc) is 2.66. The van der Waals surface area contributed by atoms with Crippen molar-refractivity contribution in [2.45, 2.75) is 20.0 Å². The first kappa shape index (κ1) is 17.8. The number of carbonyl (C=O) groups excluding carboxylic acids is 2. The Balaban J connectivity index is 1.52. The minimum atomic E-state index is -0.238. The van der Waals surface area contributed by atoms with Gasteiger partial charge in [-0.05, 0) is 36.4 Å². The Hall–Kier alpha value is -3.02. The molecule has 136 valence electrons. The molecular formula is C20H22N2O4. The minimum absolute atomic E-state index is 0.0584. The molecule has 6 nitrogen and oxygen atoms in total. The molecule has 6 heteroatoms. The Morgan fingerprint density at radius 3 is 2.46 bits per heavy atom. The number of para-hydroxylation sites is 2. The van der Waals surface area contributed by atoms with Crippen molar-refractivity contribution in [3.8, 4) is 11.5 Å². The Morgan fingerprint density at radius 2 is 1.77 bits per heavy atom. The molecule has 2 aromatic carbocycles. The molecule has 3 rings (SSSR count).